The number of hydrogen-bond acceptors (Lipinski definition) is 3. The summed E-state index contributed by atoms with van der Waals surface area (Å²) in [6, 6.07) is 6.00. The lowest BCUT2D eigenvalue weighted by Crippen LogP contribution is -2.47. The molecule has 0 aromatic heterocycles. The molecule has 4 heteroatoms. The first kappa shape index (κ1) is 14.9. The maximum Gasteiger partial charge on any atom is 0.267 e. The molecule has 0 aliphatic carbocycles. The fraction of sp³-hybridized carbons (Fsp3) is 0.562. The van der Waals surface area contributed by atoms with Crippen LogP contribution in [0, 0.1) is 6.92 Å². The van der Waals surface area contributed by atoms with E-state index >= 15 is 0 Å². The molecule has 1 atom stereocenters. The number of amides is 1. The molecule has 1 aromatic rings. The van der Waals surface area contributed by atoms with Crippen LogP contribution in [0.3, 0.4) is 0 Å². The Labute approximate surface area is 121 Å². The average Bonchev–Trinajstić information content (AvgIpc) is 2.44. The van der Waals surface area contributed by atoms with Gasteiger partial charge in [-0.15, -0.1) is 0 Å². The van der Waals surface area contributed by atoms with Crippen LogP contribution < -0.4 is 9.64 Å². The summed E-state index contributed by atoms with van der Waals surface area (Å²) in [5, 5.41) is 0. The van der Waals surface area contributed by atoms with Gasteiger partial charge < -0.3 is 14.5 Å². The Morgan fingerprint density at radius 1 is 1.30 bits per heavy atom. The Kier molecular flexibility index (Phi) is 4.65. The second kappa shape index (κ2) is 6.27. The zero-order valence-corrected chi connectivity index (χ0v) is 12.8. The highest BCUT2D eigenvalue weighted by atomic mass is 16.5. The van der Waals surface area contributed by atoms with Crippen LogP contribution in [0.2, 0.25) is 0 Å². The normalized spacial score (nSPS) is 18.1. The number of anilines is 1. The predicted octanol–water partition coefficient (Wildman–Crippen LogP) is 2.45. The number of rotatable bonds is 5. The summed E-state index contributed by atoms with van der Waals surface area (Å²) in [5.74, 6) is 0.859. The molecule has 20 heavy (non-hydrogen) atoms. The zero-order valence-electron chi connectivity index (χ0n) is 12.8. The maximum atomic E-state index is 12.4. The second-order valence-electron chi connectivity index (χ2n) is 5.25. The van der Waals surface area contributed by atoms with Crippen molar-refractivity contribution in [1.29, 1.82) is 0 Å². The molecule has 2 rings (SSSR count). The van der Waals surface area contributed by atoms with Gasteiger partial charge in [-0.25, -0.2) is 0 Å². The van der Waals surface area contributed by atoms with Gasteiger partial charge in [-0.3, -0.25) is 4.79 Å². The number of ether oxygens (including phenoxy) is 1. The molecule has 1 aliphatic heterocycles. The third-order valence-corrected chi connectivity index (χ3v) is 3.86. The van der Waals surface area contributed by atoms with E-state index in [-0.39, 0.29) is 5.91 Å². The Morgan fingerprint density at radius 2 is 2.00 bits per heavy atom. The van der Waals surface area contributed by atoms with E-state index in [2.05, 4.69) is 18.7 Å². The van der Waals surface area contributed by atoms with Gasteiger partial charge in [-0.2, -0.15) is 0 Å². The molecular formula is C16H24N2O2. The Balaban J connectivity index is 2.22. The Bertz CT molecular complexity index is 483. The number of aryl methyl sites for hydroxylation is 1. The highest BCUT2D eigenvalue weighted by Gasteiger charge is 2.31. The summed E-state index contributed by atoms with van der Waals surface area (Å²) in [7, 11) is 0. The molecule has 0 N–H and O–H groups in total. The van der Waals surface area contributed by atoms with Gasteiger partial charge in [-0.05, 0) is 44.6 Å². The average molecular weight is 276 g/mol. The van der Waals surface area contributed by atoms with Crippen molar-refractivity contribution in [2.24, 2.45) is 0 Å². The highest BCUT2D eigenvalue weighted by molar-refractivity contribution is 5.99. The number of carbonyl (C=O) groups excluding carboxylic acids is 1. The monoisotopic (exact) mass is 276 g/mol. The summed E-state index contributed by atoms with van der Waals surface area (Å²) in [4.78, 5) is 16.6. The first-order valence-electron chi connectivity index (χ1n) is 7.37. The molecule has 0 fully saturated rings. The van der Waals surface area contributed by atoms with Gasteiger partial charge in [0.2, 0.25) is 0 Å². The summed E-state index contributed by atoms with van der Waals surface area (Å²) < 4.78 is 5.68. The molecule has 110 valence electrons. The van der Waals surface area contributed by atoms with Crippen molar-refractivity contribution < 1.29 is 9.53 Å². The topological polar surface area (TPSA) is 32.8 Å². The SMILES string of the molecule is CCN(CC)CCN1C(=O)C(C)Oc2ccc(C)cc21. The van der Waals surface area contributed by atoms with Crippen LogP contribution in [0.1, 0.15) is 26.3 Å². The number of benzene rings is 1. The van der Waals surface area contributed by atoms with Crippen molar-refractivity contribution in [1.82, 2.24) is 4.90 Å². The van der Waals surface area contributed by atoms with Gasteiger partial charge in [0, 0.05) is 13.1 Å². The van der Waals surface area contributed by atoms with Gasteiger partial charge in [0.15, 0.2) is 6.10 Å². The van der Waals surface area contributed by atoms with Gasteiger partial charge in [0.05, 0.1) is 5.69 Å². The third kappa shape index (κ3) is 2.96. The van der Waals surface area contributed by atoms with Crippen LogP contribution in [-0.4, -0.2) is 43.1 Å². The minimum atomic E-state index is -0.401. The fourth-order valence-corrected chi connectivity index (χ4v) is 2.53. The molecule has 1 amide bonds. The lowest BCUT2D eigenvalue weighted by Gasteiger charge is -2.34. The van der Waals surface area contributed by atoms with Crippen LogP contribution in [0.15, 0.2) is 18.2 Å². The first-order chi connectivity index (χ1) is 9.56. The van der Waals surface area contributed by atoms with E-state index in [9.17, 15) is 4.79 Å². The largest absolute Gasteiger partial charge is 0.479 e. The molecular weight excluding hydrogens is 252 g/mol. The molecule has 1 aromatic carbocycles. The van der Waals surface area contributed by atoms with Gasteiger partial charge >= 0.3 is 0 Å². The molecule has 0 saturated heterocycles. The molecule has 0 spiro atoms. The Morgan fingerprint density at radius 3 is 2.65 bits per heavy atom. The van der Waals surface area contributed by atoms with Crippen molar-refractivity contribution >= 4 is 11.6 Å². The minimum absolute atomic E-state index is 0.0512. The minimum Gasteiger partial charge on any atom is -0.479 e. The number of fused-ring (bicyclic) bond motifs is 1. The van der Waals surface area contributed by atoms with E-state index in [1.807, 2.05) is 36.9 Å². The van der Waals surface area contributed by atoms with Crippen LogP contribution in [0.5, 0.6) is 5.75 Å². The molecule has 4 nitrogen and oxygen atoms in total. The second-order valence-corrected chi connectivity index (χ2v) is 5.25. The fourth-order valence-electron chi connectivity index (χ4n) is 2.53. The van der Waals surface area contributed by atoms with Crippen molar-refractivity contribution in [3.05, 3.63) is 23.8 Å². The van der Waals surface area contributed by atoms with E-state index in [0.29, 0.717) is 6.54 Å². The number of hydrogen-bond donors (Lipinski definition) is 0. The summed E-state index contributed by atoms with van der Waals surface area (Å²) in [6.07, 6.45) is -0.401. The van der Waals surface area contributed by atoms with E-state index in [1.165, 1.54) is 0 Å². The third-order valence-electron chi connectivity index (χ3n) is 3.86. The quantitative estimate of drug-likeness (QED) is 0.828. The van der Waals surface area contributed by atoms with E-state index < -0.39 is 6.10 Å². The van der Waals surface area contributed by atoms with Crippen molar-refractivity contribution in [3.63, 3.8) is 0 Å². The summed E-state index contributed by atoms with van der Waals surface area (Å²) >= 11 is 0. The van der Waals surface area contributed by atoms with Gasteiger partial charge in [0.1, 0.15) is 5.75 Å². The van der Waals surface area contributed by atoms with E-state index in [1.54, 1.807) is 0 Å². The molecule has 1 aliphatic rings. The summed E-state index contributed by atoms with van der Waals surface area (Å²) in [5.41, 5.74) is 2.04. The smallest absolute Gasteiger partial charge is 0.267 e. The lowest BCUT2D eigenvalue weighted by atomic mass is 10.1. The molecule has 1 unspecified atom stereocenters. The standard InChI is InChI=1S/C16H24N2O2/c1-5-17(6-2)9-10-18-14-11-12(3)7-8-15(14)20-13(4)16(18)19/h7-8,11,13H,5-6,9-10H2,1-4H3. The Hall–Kier alpha value is -1.55. The number of carbonyl (C=O) groups is 1. The van der Waals surface area contributed by atoms with Crippen LogP contribution in [0.25, 0.3) is 0 Å². The molecule has 0 bridgehead atoms. The molecule has 1 heterocycles. The van der Waals surface area contributed by atoms with E-state index in [0.717, 1.165) is 36.6 Å². The van der Waals surface area contributed by atoms with Crippen molar-refractivity contribution in [2.75, 3.05) is 31.1 Å². The van der Waals surface area contributed by atoms with Gasteiger partial charge in [0.25, 0.3) is 5.91 Å². The molecule has 0 saturated carbocycles. The first-order valence-corrected chi connectivity index (χ1v) is 7.37. The van der Waals surface area contributed by atoms with Crippen molar-refractivity contribution in [3.8, 4) is 5.75 Å². The van der Waals surface area contributed by atoms with Crippen LogP contribution in [0.4, 0.5) is 5.69 Å². The lowest BCUT2D eigenvalue weighted by molar-refractivity contribution is -0.125. The maximum absolute atomic E-state index is 12.4. The highest BCUT2D eigenvalue weighted by Crippen LogP contribution is 2.34. The predicted molar refractivity (Wildman–Crippen MR) is 81.4 cm³/mol. The van der Waals surface area contributed by atoms with Crippen molar-refractivity contribution in [2.45, 2.75) is 33.8 Å². The van der Waals surface area contributed by atoms with Gasteiger partial charge in [-0.1, -0.05) is 19.9 Å². The van der Waals surface area contributed by atoms with E-state index in [4.69, 9.17) is 4.74 Å². The van der Waals surface area contributed by atoms with Crippen LogP contribution >= 0.6 is 0 Å². The number of likely N-dealkylation sites (N-methyl/N-ethyl adjacent to an activating group) is 1. The molecule has 0 radical (unpaired) electrons. The van der Waals surface area contributed by atoms with Crippen LogP contribution in [-0.2, 0) is 4.79 Å². The summed E-state index contributed by atoms with van der Waals surface area (Å²) in [6.45, 7) is 11.7. The zero-order chi connectivity index (χ0) is 14.7. The number of nitrogens with zero attached hydrogens (tertiary/aromatic N) is 2.